The lowest BCUT2D eigenvalue weighted by molar-refractivity contribution is 0.779. The molecule has 0 bridgehead atoms. The Morgan fingerprint density at radius 2 is 2.43 bits per heavy atom. The molecule has 0 unspecified atom stereocenters. The van der Waals surface area contributed by atoms with E-state index in [0.29, 0.717) is 0 Å². The molecular formula is C8H11N5S. The third-order valence-electron chi connectivity index (χ3n) is 1.79. The fraction of sp³-hybridized carbons (Fsp3) is 0.375. The van der Waals surface area contributed by atoms with Crippen molar-refractivity contribution in [3.8, 4) is 10.7 Å². The molecule has 2 heterocycles. The number of nitrogens with one attached hydrogen (secondary N) is 2. The van der Waals surface area contributed by atoms with Crippen molar-refractivity contribution in [3.05, 3.63) is 17.3 Å². The molecule has 2 N–H and O–H groups in total. The molecule has 14 heavy (non-hydrogen) atoms. The normalized spacial score (nSPS) is 10.6. The van der Waals surface area contributed by atoms with Gasteiger partial charge < -0.3 is 5.32 Å². The predicted octanol–water partition coefficient (Wildman–Crippen LogP) is 0.690. The van der Waals surface area contributed by atoms with Gasteiger partial charge in [-0.05, 0) is 13.1 Å². The Morgan fingerprint density at radius 3 is 3.14 bits per heavy atom. The van der Waals surface area contributed by atoms with E-state index in [1.54, 1.807) is 17.5 Å². The van der Waals surface area contributed by atoms with E-state index in [1.807, 2.05) is 13.1 Å². The molecule has 0 saturated carbocycles. The molecule has 0 amide bonds. The highest BCUT2D eigenvalue weighted by molar-refractivity contribution is 7.14. The van der Waals surface area contributed by atoms with Crippen LogP contribution in [0.2, 0.25) is 0 Å². The van der Waals surface area contributed by atoms with Crippen molar-refractivity contribution < 1.29 is 0 Å². The quantitative estimate of drug-likeness (QED) is 0.777. The van der Waals surface area contributed by atoms with Crippen LogP contribution >= 0.6 is 11.3 Å². The van der Waals surface area contributed by atoms with Crippen LogP contribution < -0.4 is 5.32 Å². The lowest BCUT2D eigenvalue weighted by atomic mass is 10.4. The maximum absolute atomic E-state index is 4.09. The van der Waals surface area contributed by atoms with Gasteiger partial charge in [-0.25, -0.2) is 0 Å². The Hall–Kier alpha value is -1.27. The largest absolute Gasteiger partial charge is 0.319 e. The highest BCUT2D eigenvalue weighted by Gasteiger charge is 2.06. The van der Waals surface area contributed by atoms with Gasteiger partial charge in [0.1, 0.15) is 5.01 Å². The van der Waals surface area contributed by atoms with Gasteiger partial charge in [0.05, 0.1) is 5.69 Å². The van der Waals surface area contributed by atoms with E-state index in [4.69, 9.17) is 0 Å². The van der Waals surface area contributed by atoms with E-state index in [-0.39, 0.29) is 0 Å². The molecule has 5 nitrogen and oxygen atoms in total. The lowest BCUT2D eigenvalue weighted by Crippen LogP contribution is -2.09. The van der Waals surface area contributed by atoms with Crippen LogP contribution in [0.5, 0.6) is 0 Å². The molecule has 0 aromatic carbocycles. The first-order chi connectivity index (χ1) is 6.90. The minimum absolute atomic E-state index is 0.897. The van der Waals surface area contributed by atoms with Crippen molar-refractivity contribution in [2.24, 2.45) is 0 Å². The summed E-state index contributed by atoms with van der Waals surface area (Å²) in [5.74, 6) is 0. The summed E-state index contributed by atoms with van der Waals surface area (Å²) < 4.78 is 0. The number of aromatic nitrogens is 4. The van der Waals surface area contributed by atoms with Crippen LogP contribution in [0.25, 0.3) is 10.7 Å². The molecule has 0 aliphatic rings. The van der Waals surface area contributed by atoms with Crippen LogP contribution in [0.3, 0.4) is 0 Å². The molecule has 0 aliphatic carbocycles. The monoisotopic (exact) mass is 209 g/mol. The number of H-pyrrole nitrogens is 1. The van der Waals surface area contributed by atoms with Crippen LogP contribution in [-0.4, -0.2) is 34.0 Å². The Bertz CT molecular complexity index is 380. The first-order valence-electron chi connectivity index (χ1n) is 4.37. The van der Waals surface area contributed by atoms with Crippen LogP contribution in [-0.2, 0) is 6.42 Å². The molecular weight excluding hydrogens is 198 g/mol. The topological polar surface area (TPSA) is 66.5 Å². The van der Waals surface area contributed by atoms with Crippen molar-refractivity contribution in [2.75, 3.05) is 13.6 Å². The molecule has 2 rings (SSSR count). The van der Waals surface area contributed by atoms with Gasteiger partial charge >= 0.3 is 0 Å². The SMILES string of the molecule is CNCCc1nnc(-c2ccn[nH]2)s1. The van der Waals surface area contributed by atoms with Crippen molar-refractivity contribution in [1.82, 2.24) is 25.7 Å². The van der Waals surface area contributed by atoms with E-state index < -0.39 is 0 Å². The Kier molecular flexibility index (Phi) is 2.85. The highest BCUT2D eigenvalue weighted by Crippen LogP contribution is 2.20. The summed E-state index contributed by atoms with van der Waals surface area (Å²) in [6.45, 7) is 0.928. The molecule has 0 spiro atoms. The molecule has 6 heteroatoms. The van der Waals surface area contributed by atoms with Gasteiger partial charge in [0.25, 0.3) is 0 Å². The van der Waals surface area contributed by atoms with Crippen LogP contribution in [0.15, 0.2) is 12.3 Å². The molecule has 0 atom stereocenters. The smallest absolute Gasteiger partial charge is 0.165 e. The maximum Gasteiger partial charge on any atom is 0.165 e. The zero-order valence-electron chi connectivity index (χ0n) is 7.82. The number of hydrogen-bond donors (Lipinski definition) is 2. The second kappa shape index (κ2) is 4.30. The summed E-state index contributed by atoms with van der Waals surface area (Å²) >= 11 is 1.60. The standard InChI is InChI=1S/C8H11N5S/c1-9-4-3-7-12-13-8(14-7)6-2-5-10-11-6/h2,5,9H,3-4H2,1H3,(H,10,11). The zero-order valence-corrected chi connectivity index (χ0v) is 8.64. The first-order valence-corrected chi connectivity index (χ1v) is 5.18. The van der Waals surface area contributed by atoms with Crippen molar-refractivity contribution >= 4 is 11.3 Å². The van der Waals surface area contributed by atoms with E-state index >= 15 is 0 Å². The summed E-state index contributed by atoms with van der Waals surface area (Å²) in [5, 5.41) is 19.9. The predicted molar refractivity (Wildman–Crippen MR) is 55.1 cm³/mol. The lowest BCUT2D eigenvalue weighted by Gasteiger charge is -1.91. The van der Waals surface area contributed by atoms with Gasteiger partial charge in [-0.2, -0.15) is 5.10 Å². The number of rotatable bonds is 4. The van der Waals surface area contributed by atoms with Gasteiger partial charge in [0.15, 0.2) is 5.01 Å². The summed E-state index contributed by atoms with van der Waals surface area (Å²) in [6.07, 6.45) is 2.63. The highest BCUT2D eigenvalue weighted by atomic mass is 32.1. The minimum atomic E-state index is 0.897. The van der Waals surface area contributed by atoms with E-state index in [9.17, 15) is 0 Å². The molecule has 0 fully saturated rings. The second-order valence-electron chi connectivity index (χ2n) is 2.82. The summed E-state index contributed by atoms with van der Waals surface area (Å²) in [6, 6.07) is 1.89. The second-order valence-corrected chi connectivity index (χ2v) is 3.89. The maximum atomic E-state index is 4.09. The third-order valence-corrected chi connectivity index (χ3v) is 2.80. The fourth-order valence-electron chi connectivity index (χ4n) is 1.07. The average molecular weight is 209 g/mol. The Balaban J connectivity index is 2.10. The van der Waals surface area contributed by atoms with Gasteiger partial charge in [-0.1, -0.05) is 11.3 Å². The van der Waals surface area contributed by atoms with Gasteiger partial charge in [0, 0.05) is 19.2 Å². The first kappa shape index (κ1) is 9.29. The van der Waals surface area contributed by atoms with E-state index in [0.717, 1.165) is 28.7 Å². The number of nitrogens with zero attached hydrogens (tertiary/aromatic N) is 3. The van der Waals surface area contributed by atoms with Crippen LogP contribution in [0, 0.1) is 0 Å². The van der Waals surface area contributed by atoms with Crippen LogP contribution in [0.4, 0.5) is 0 Å². The van der Waals surface area contributed by atoms with Crippen molar-refractivity contribution in [1.29, 1.82) is 0 Å². The molecule has 74 valence electrons. The van der Waals surface area contributed by atoms with Gasteiger partial charge in [0.2, 0.25) is 0 Å². The van der Waals surface area contributed by atoms with E-state index in [2.05, 4.69) is 25.7 Å². The van der Waals surface area contributed by atoms with Crippen molar-refractivity contribution in [3.63, 3.8) is 0 Å². The van der Waals surface area contributed by atoms with E-state index in [1.165, 1.54) is 0 Å². The average Bonchev–Trinajstić information content (AvgIpc) is 2.85. The summed E-state index contributed by atoms with van der Waals surface area (Å²) in [7, 11) is 1.93. The molecule has 0 saturated heterocycles. The molecule has 2 aromatic heterocycles. The van der Waals surface area contributed by atoms with Crippen LogP contribution in [0.1, 0.15) is 5.01 Å². The minimum Gasteiger partial charge on any atom is -0.319 e. The Morgan fingerprint density at radius 1 is 1.50 bits per heavy atom. The number of hydrogen-bond acceptors (Lipinski definition) is 5. The summed E-state index contributed by atoms with van der Waals surface area (Å²) in [5.41, 5.74) is 0.929. The molecule has 0 aliphatic heterocycles. The number of aromatic amines is 1. The van der Waals surface area contributed by atoms with Crippen molar-refractivity contribution in [2.45, 2.75) is 6.42 Å². The third kappa shape index (κ3) is 1.97. The van der Waals surface area contributed by atoms with Gasteiger partial charge in [-0.3, -0.25) is 5.10 Å². The van der Waals surface area contributed by atoms with Gasteiger partial charge in [-0.15, -0.1) is 10.2 Å². The zero-order chi connectivity index (χ0) is 9.80. The summed E-state index contributed by atoms with van der Waals surface area (Å²) in [4.78, 5) is 0. The molecule has 2 aromatic rings. The Labute approximate surface area is 85.6 Å². The fourth-order valence-corrected chi connectivity index (χ4v) is 1.88. The number of likely N-dealkylation sites (N-methyl/N-ethyl adjacent to an activating group) is 1. The molecule has 0 radical (unpaired) electrons.